The van der Waals surface area contributed by atoms with Gasteiger partial charge in [-0.15, -0.1) is 0 Å². The molecule has 0 amide bonds. The molecule has 0 aliphatic carbocycles. The van der Waals surface area contributed by atoms with Crippen molar-refractivity contribution in [2.45, 2.75) is 6.92 Å². The van der Waals surface area contributed by atoms with Crippen LogP contribution in [0.2, 0.25) is 0 Å². The SMILES string of the molecule is Cc1cc(=O)c(O)c(-c2[nH]c(-c3c[nH]c4cc(Br)ccc34)nc2-c2ccccc2)o1. The van der Waals surface area contributed by atoms with Crippen molar-refractivity contribution in [2.75, 3.05) is 0 Å². The van der Waals surface area contributed by atoms with Gasteiger partial charge in [0.2, 0.25) is 11.2 Å². The molecule has 0 atom stereocenters. The first kappa shape index (κ1) is 18.4. The summed E-state index contributed by atoms with van der Waals surface area (Å²) in [5, 5.41) is 11.4. The van der Waals surface area contributed by atoms with E-state index in [0.29, 0.717) is 23.0 Å². The van der Waals surface area contributed by atoms with E-state index in [0.717, 1.165) is 26.5 Å². The van der Waals surface area contributed by atoms with Gasteiger partial charge in [0.1, 0.15) is 23.0 Å². The van der Waals surface area contributed by atoms with Crippen molar-refractivity contribution in [3.05, 3.63) is 81.3 Å². The summed E-state index contributed by atoms with van der Waals surface area (Å²) in [5.74, 6) is 0.622. The number of fused-ring (bicyclic) bond motifs is 1. The fraction of sp³-hybridized carbons (Fsp3) is 0.0435. The number of imidazole rings is 1. The van der Waals surface area contributed by atoms with E-state index in [1.54, 1.807) is 6.92 Å². The number of aromatic hydroxyl groups is 1. The quantitative estimate of drug-likeness (QED) is 0.324. The second kappa shape index (κ2) is 7.03. The minimum Gasteiger partial charge on any atom is -0.501 e. The van der Waals surface area contributed by atoms with Crippen LogP contribution >= 0.6 is 15.9 Å². The third kappa shape index (κ3) is 3.04. The van der Waals surface area contributed by atoms with Crippen LogP contribution in [0, 0.1) is 6.92 Å². The van der Waals surface area contributed by atoms with E-state index in [9.17, 15) is 9.90 Å². The Kier molecular flexibility index (Phi) is 4.33. The fourth-order valence-corrected chi connectivity index (χ4v) is 3.90. The zero-order valence-electron chi connectivity index (χ0n) is 15.9. The van der Waals surface area contributed by atoms with Gasteiger partial charge in [-0.2, -0.15) is 0 Å². The van der Waals surface area contributed by atoms with Crippen LogP contribution < -0.4 is 5.43 Å². The monoisotopic (exact) mass is 461 g/mol. The molecule has 0 aliphatic heterocycles. The lowest BCUT2D eigenvalue weighted by atomic mass is 10.1. The molecule has 0 saturated carbocycles. The van der Waals surface area contributed by atoms with Crippen LogP contribution in [0.5, 0.6) is 5.75 Å². The molecule has 7 heteroatoms. The summed E-state index contributed by atoms with van der Waals surface area (Å²) in [6.45, 7) is 1.67. The Morgan fingerprint density at radius 1 is 1.10 bits per heavy atom. The molecular formula is C23H16BrN3O3. The van der Waals surface area contributed by atoms with E-state index >= 15 is 0 Å². The van der Waals surface area contributed by atoms with Crippen molar-refractivity contribution < 1.29 is 9.52 Å². The number of nitrogens with one attached hydrogen (secondary N) is 2. The van der Waals surface area contributed by atoms with Crippen LogP contribution in [0.15, 0.2) is 74.5 Å². The number of H-pyrrole nitrogens is 2. The Morgan fingerprint density at radius 3 is 2.70 bits per heavy atom. The van der Waals surface area contributed by atoms with Crippen molar-refractivity contribution in [1.29, 1.82) is 0 Å². The highest BCUT2D eigenvalue weighted by Gasteiger charge is 2.22. The summed E-state index contributed by atoms with van der Waals surface area (Å²) in [6.07, 6.45) is 1.88. The number of benzene rings is 2. The highest BCUT2D eigenvalue weighted by Crippen LogP contribution is 2.38. The first-order valence-electron chi connectivity index (χ1n) is 9.28. The molecule has 0 fully saturated rings. The van der Waals surface area contributed by atoms with E-state index in [2.05, 4.69) is 25.9 Å². The van der Waals surface area contributed by atoms with Gasteiger partial charge < -0.3 is 19.5 Å². The van der Waals surface area contributed by atoms with Crippen molar-refractivity contribution >= 4 is 26.8 Å². The third-order valence-corrected chi connectivity index (χ3v) is 5.42. The van der Waals surface area contributed by atoms with E-state index < -0.39 is 11.2 Å². The van der Waals surface area contributed by atoms with Crippen molar-refractivity contribution in [1.82, 2.24) is 15.0 Å². The van der Waals surface area contributed by atoms with Crippen molar-refractivity contribution in [3.8, 4) is 39.8 Å². The minimum absolute atomic E-state index is 0.0696. The standard InChI is InChI=1S/C23H16BrN3O3/c1-12-9-18(28)21(29)22(30-12)20-19(13-5-3-2-4-6-13)26-23(27-20)16-11-25-17-10-14(24)7-8-15(16)17/h2-11,25,29H,1H3,(H,26,27). The summed E-state index contributed by atoms with van der Waals surface area (Å²) in [7, 11) is 0. The molecule has 0 bridgehead atoms. The summed E-state index contributed by atoms with van der Waals surface area (Å²) >= 11 is 3.48. The van der Waals surface area contributed by atoms with Gasteiger partial charge in [0.05, 0.1) is 0 Å². The van der Waals surface area contributed by atoms with Gasteiger partial charge in [-0.3, -0.25) is 4.79 Å². The Labute approximate surface area is 179 Å². The molecule has 3 heterocycles. The van der Waals surface area contributed by atoms with Crippen LogP contribution in [0.1, 0.15) is 5.76 Å². The number of halogens is 1. The normalized spacial score (nSPS) is 11.3. The second-order valence-corrected chi connectivity index (χ2v) is 7.88. The van der Waals surface area contributed by atoms with E-state index in [1.165, 1.54) is 6.07 Å². The maximum atomic E-state index is 12.2. The molecule has 6 nitrogen and oxygen atoms in total. The molecule has 3 aromatic heterocycles. The molecule has 0 radical (unpaired) electrons. The van der Waals surface area contributed by atoms with Gasteiger partial charge in [0.15, 0.2) is 5.76 Å². The molecule has 3 N–H and O–H groups in total. The van der Waals surface area contributed by atoms with Gasteiger partial charge in [-0.05, 0) is 19.1 Å². The van der Waals surface area contributed by atoms with E-state index in [-0.39, 0.29) is 5.76 Å². The Bertz CT molecular complexity index is 1450. The number of aryl methyl sites for hydroxylation is 1. The van der Waals surface area contributed by atoms with Gasteiger partial charge in [0.25, 0.3) is 0 Å². The fourth-order valence-electron chi connectivity index (χ4n) is 3.54. The lowest BCUT2D eigenvalue weighted by Gasteiger charge is -2.05. The largest absolute Gasteiger partial charge is 0.501 e. The maximum Gasteiger partial charge on any atom is 0.227 e. The molecule has 0 aliphatic rings. The zero-order chi connectivity index (χ0) is 20.8. The number of hydrogen-bond acceptors (Lipinski definition) is 4. The van der Waals surface area contributed by atoms with Gasteiger partial charge in [-0.25, -0.2) is 4.98 Å². The molecule has 0 spiro atoms. The Hall–Kier alpha value is -3.58. The van der Waals surface area contributed by atoms with E-state index in [1.807, 2.05) is 54.7 Å². The molecule has 2 aromatic carbocycles. The lowest BCUT2D eigenvalue weighted by molar-refractivity contribution is 0.429. The number of rotatable bonds is 3. The molecular weight excluding hydrogens is 446 g/mol. The number of aromatic amines is 2. The predicted molar refractivity (Wildman–Crippen MR) is 119 cm³/mol. The van der Waals surface area contributed by atoms with Crippen LogP contribution in [0.3, 0.4) is 0 Å². The number of aromatic nitrogens is 3. The molecule has 0 saturated heterocycles. The summed E-state index contributed by atoms with van der Waals surface area (Å²) < 4.78 is 6.71. The average molecular weight is 462 g/mol. The van der Waals surface area contributed by atoms with Crippen LogP contribution in [0.25, 0.3) is 45.0 Å². The Balaban J connectivity index is 1.79. The highest BCUT2D eigenvalue weighted by molar-refractivity contribution is 9.10. The predicted octanol–water partition coefficient (Wildman–Crippen LogP) is 5.62. The number of nitrogens with zero attached hydrogens (tertiary/aromatic N) is 1. The first-order valence-corrected chi connectivity index (χ1v) is 10.1. The summed E-state index contributed by atoms with van der Waals surface area (Å²) in [4.78, 5) is 23.5. The zero-order valence-corrected chi connectivity index (χ0v) is 17.4. The van der Waals surface area contributed by atoms with Crippen molar-refractivity contribution in [2.24, 2.45) is 0 Å². The number of hydrogen-bond donors (Lipinski definition) is 3. The molecule has 30 heavy (non-hydrogen) atoms. The third-order valence-electron chi connectivity index (χ3n) is 4.92. The summed E-state index contributed by atoms with van der Waals surface area (Å²) in [6, 6.07) is 16.8. The maximum absolute atomic E-state index is 12.2. The first-order chi connectivity index (χ1) is 14.5. The van der Waals surface area contributed by atoms with Crippen LogP contribution in [0.4, 0.5) is 0 Å². The molecule has 5 aromatic rings. The van der Waals surface area contributed by atoms with Crippen molar-refractivity contribution in [3.63, 3.8) is 0 Å². The molecule has 0 unspecified atom stereocenters. The lowest BCUT2D eigenvalue weighted by Crippen LogP contribution is -2.01. The van der Waals surface area contributed by atoms with Crippen LogP contribution in [-0.4, -0.2) is 20.1 Å². The topological polar surface area (TPSA) is 94.9 Å². The minimum atomic E-state index is -0.499. The van der Waals surface area contributed by atoms with Gasteiger partial charge in [0, 0.05) is 38.8 Å². The Morgan fingerprint density at radius 2 is 1.90 bits per heavy atom. The van der Waals surface area contributed by atoms with Gasteiger partial charge in [-0.1, -0.05) is 52.3 Å². The summed E-state index contributed by atoms with van der Waals surface area (Å²) in [5.41, 5.74) is 3.20. The molecule has 5 rings (SSSR count). The highest BCUT2D eigenvalue weighted by atomic mass is 79.9. The second-order valence-electron chi connectivity index (χ2n) is 6.97. The average Bonchev–Trinajstić information content (AvgIpc) is 3.35. The molecule has 148 valence electrons. The van der Waals surface area contributed by atoms with Crippen LogP contribution in [-0.2, 0) is 0 Å². The smallest absolute Gasteiger partial charge is 0.227 e. The van der Waals surface area contributed by atoms with E-state index in [4.69, 9.17) is 9.40 Å². The van der Waals surface area contributed by atoms with Gasteiger partial charge >= 0.3 is 0 Å².